The fraction of sp³-hybridized carbons (Fsp3) is 0.556. The predicted molar refractivity (Wildman–Crippen MR) is 50.7 cm³/mol. The van der Waals surface area contributed by atoms with Gasteiger partial charge in [0.05, 0.1) is 0 Å². The van der Waals surface area contributed by atoms with Gasteiger partial charge in [-0.15, -0.1) is 0 Å². The average molecular weight is 209 g/mol. The SMILES string of the molecule is CCC1C(=O)N=C2NC(=O)C(C)N2C1=O. The maximum Gasteiger partial charge on any atom is 0.261 e. The third-order valence-electron chi connectivity index (χ3n) is 2.69. The van der Waals surface area contributed by atoms with E-state index in [2.05, 4.69) is 10.3 Å². The smallest absolute Gasteiger partial charge is 0.261 e. The number of aliphatic imine (C=N–C) groups is 1. The molecule has 1 saturated heterocycles. The average Bonchev–Trinajstić information content (AvgIpc) is 2.43. The molecule has 0 aromatic rings. The summed E-state index contributed by atoms with van der Waals surface area (Å²) < 4.78 is 0. The van der Waals surface area contributed by atoms with E-state index in [1.165, 1.54) is 4.90 Å². The molecule has 2 atom stereocenters. The van der Waals surface area contributed by atoms with E-state index in [1.54, 1.807) is 13.8 Å². The lowest BCUT2D eigenvalue weighted by Crippen LogP contribution is -2.48. The first-order valence-electron chi connectivity index (χ1n) is 4.82. The quantitative estimate of drug-likeness (QED) is 0.577. The highest BCUT2D eigenvalue weighted by molar-refractivity contribution is 6.22. The molecule has 1 fully saturated rings. The highest BCUT2D eigenvalue weighted by atomic mass is 16.2. The van der Waals surface area contributed by atoms with E-state index >= 15 is 0 Å². The Morgan fingerprint density at radius 2 is 2.07 bits per heavy atom. The summed E-state index contributed by atoms with van der Waals surface area (Å²) in [4.78, 5) is 39.5. The Balaban J connectivity index is 2.42. The molecule has 2 unspecified atom stereocenters. The zero-order chi connectivity index (χ0) is 11.2. The summed E-state index contributed by atoms with van der Waals surface area (Å²) in [5.74, 6) is -1.76. The summed E-state index contributed by atoms with van der Waals surface area (Å²) in [6.07, 6.45) is 0.409. The molecule has 0 aromatic carbocycles. The van der Waals surface area contributed by atoms with Crippen LogP contribution in [0.4, 0.5) is 0 Å². The van der Waals surface area contributed by atoms with Crippen LogP contribution in [0.5, 0.6) is 0 Å². The fourth-order valence-electron chi connectivity index (χ4n) is 1.76. The number of nitrogens with one attached hydrogen (secondary N) is 1. The largest absolute Gasteiger partial charge is 0.294 e. The van der Waals surface area contributed by atoms with Gasteiger partial charge in [0, 0.05) is 0 Å². The highest BCUT2D eigenvalue weighted by Gasteiger charge is 2.45. The fourth-order valence-corrected chi connectivity index (χ4v) is 1.76. The van der Waals surface area contributed by atoms with Gasteiger partial charge in [-0.05, 0) is 13.3 Å². The zero-order valence-electron chi connectivity index (χ0n) is 8.48. The van der Waals surface area contributed by atoms with Crippen molar-refractivity contribution < 1.29 is 14.4 Å². The Kier molecular flexibility index (Phi) is 2.06. The zero-order valence-corrected chi connectivity index (χ0v) is 8.48. The number of guanidine groups is 1. The van der Waals surface area contributed by atoms with Crippen molar-refractivity contribution in [2.75, 3.05) is 0 Å². The van der Waals surface area contributed by atoms with E-state index < -0.39 is 17.9 Å². The van der Waals surface area contributed by atoms with E-state index in [0.29, 0.717) is 6.42 Å². The van der Waals surface area contributed by atoms with Crippen molar-refractivity contribution in [3.8, 4) is 0 Å². The number of carbonyl (C=O) groups excluding carboxylic acids is 3. The molecule has 3 amide bonds. The van der Waals surface area contributed by atoms with Crippen LogP contribution < -0.4 is 5.32 Å². The van der Waals surface area contributed by atoms with Crippen molar-refractivity contribution in [2.45, 2.75) is 26.3 Å². The summed E-state index contributed by atoms with van der Waals surface area (Å²) in [7, 11) is 0. The van der Waals surface area contributed by atoms with Crippen LogP contribution in [0, 0.1) is 5.92 Å². The first kappa shape index (κ1) is 9.82. The summed E-state index contributed by atoms with van der Waals surface area (Å²) in [6, 6.07) is -0.571. The molecule has 15 heavy (non-hydrogen) atoms. The summed E-state index contributed by atoms with van der Waals surface area (Å²) in [5.41, 5.74) is 0. The lowest BCUT2D eigenvalue weighted by molar-refractivity contribution is -0.141. The van der Waals surface area contributed by atoms with Gasteiger partial charge in [-0.2, -0.15) is 4.99 Å². The van der Waals surface area contributed by atoms with Crippen LogP contribution in [-0.2, 0) is 14.4 Å². The maximum atomic E-state index is 11.8. The van der Waals surface area contributed by atoms with Gasteiger partial charge in [0.15, 0.2) is 0 Å². The normalized spacial score (nSPS) is 30.1. The minimum absolute atomic E-state index is 0.0761. The van der Waals surface area contributed by atoms with Crippen LogP contribution in [0.25, 0.3) is 0 Å². The summed E-state index contributed by atoms with van der Waals surface area (Å²) >= 11 is 0. The van der Waals surface area contributed by atoms with Crippen LogP contribution in [0.1, 0.15) is 20.3 Å². The van der Waals surface area contributed by atoms with Crippen LogP contribution in [0.15, 0.2) is 4.99 Å². The van der Waals surface area contributed by atoms with Crippen LogP contribution in [-0.4, -0.2) is 34.6 Å². The van der Waals surface area contributed by atoms with E-state index in [0.717, 1.165) is 0 Å². The Hall–Kier alpha value is -1.72. The topological polar surface area (TPSA) is 78.8 Å². The molecule has 0 aromatic heterocycles. The molecule has 2 heterocycles. The van der Waals surface area contributed by atoms with Crippen LogP contribution in [0.2, 0.25) is 0 Å². The lowest BCUT2D eigenvalue weighted by atomic mass is 10.0. The molecular formula is C9H11N3O3. The molecule has 0 aliphatic carbocycles. The minimum atomic E-state index is -0.733. The van der Waals surface area contributed by atoms with Gasteiger partial charge in [0.2, 0.25) is 17.8 Å². The second-order valence-electron chi connectivity index (χ2n) is 3.61. The van der Waals surface area contributed by atoms with E-state index in [9.17, 15) is 14.4 Å². The molecule has 2 aliphatic rings. The lowest BCUT2D eigenvalue weighted by Gasteiger charge is -2.26. The molecule has 1 N–H and O–H groups in total. The van der Waals surface area contributed by atoms with Gasteiger partial charge in [-0.25, -0.2) is 0 Å². The third kappa shape index (κ3) is 1.25. The first-order chi connectivity index (χ1) is 7.06. The Morgan fingerprint density at radius 1 is 1.40 bits per heavy atom. The Bertz CT molecular complexity index is 388. The van der Waals surface area contributed by atoms with Gasteiger partial charge in [0.25, 0.3) is 5.91 Å². The number of carbonyl (C=O) groups is 3. The molecule has 6 heteroatoms. The molecule has 80 valence electrons. The summed E-state index contributed by atoms with van der Waals surface area (Å²) in [5, 5.41) is 2.41. The standard InChI is InChI=1S/C9H11N3O3/c1-3-5-7(14)11-9-10-6(13)4(2)12(9)8(5)15/h4-5H,3H2,1-2H3,(H,10,11,13,14). The van der Waals surface area contributed by atoms with Gasteiger partial charge in [-0.1, -0.05) is 6.92 Å². The van der Waals surface area contributed by atoms with E-state index in [-0.39, 0.29) is 17.8 Å². The molecule has 0 saturated carbocycles. The highest BCUT2D eigenvalue weighted by Crippen LogP contribution is 2.21. The van der Waals surface area contributed by atoms with Crippen molar-refractivity contribution in [1.82, 2.24) is 10.2 Å². The van der Waals surface area contributed by atoms with E-state index in [1.807, 2.05) is 0 Å². The Morgan fingerprint density at radius 3 is 2.67 bits per heavy atom. The van der Waals surface area contributed by atoms with Crippen molar-refractivity contribution in [3.63, 3.8) is 0 Å². The van der Waals surface area contributed by atoms with Crippen molar-refractivity contribution in [2.24, 2.45) is 10.9 Å². The second kappa shape index (κ2) is 3.15. The summed E-state index contributed by atoms with van der Waals surface area (Å²) in [6.45, 7) is 3.36. The van der Waals surface area contributed by atoms with Gasteiger partial charge >= 0.3 is 0 Å². The van der Waals surface area contributed by atoms with Gasteiger partial charge < -0.3 is 0 Å². The monoisotopic (exact) mass is 209 g/mol. The number of fused-ring (bicyclic) bond motifs is 1. The van der Waals surface area contributed by atoms with Crippen molar-refractivity contribution >= 4 is 23.7 Å². The third-order valence-corrected chi connectivity index (χ3v) is 2.69. The molecule has 2 rings (SSSR count). The Labute approximate surface area is 86.3 Å². The minimum Gasteiger partial charge on any atom is -0.294 e. The number of rotatable bonds is 1. The molecule has 0 bridgehead atoms. The second-order valence-corrected chi connectivity index (χ2v) is 3.61. The number of amides is 3. The first-order valence-corrected chi connectivity index (χ1v) is 4.82. The van der Waals surface area contributed by atoms with Crippen LogP contribution in [0.3, 0.4) is 0 Å². The molecule has 6 nitrogen and oxygen atoms in total. The molecule has 2 aliphatic heterocycles. The van der Waals surface area contributed by atoms with Gasteiger partial charge in [-0.3, -0.25) is 24.6 Å². The van der Waals surface area contributed by atoms with Crippen molar-refractivity contribution in [1.29, 1.82) is 0 Å². The number of nitrogens with zero attached hydrogens (tertiary/aromatic N) is 2. The van der Waals surface area contributed by atoms with Crippen molar-refractivity contribution in [3.05, 3.63) is 0 Å². The predicted octanol–water partition coefficient (Wildman–Crippen LogP) is -0.744. The van der Waals surface area contributed by atoms with E-state index in [4.69, 9.17) is 0 Å². The molecule has 0 radical (unpaired) electrons. The van der Waals surface area contributed by atoms with Gasteiger partial charge in [0.1, 0.15) is 12.0 Å². The van der Waals surface area contributed by atoms with Crippen LogP contribution >= 0.6 is 0 Å². The number of hydrogen-bond donors (Lipinski definition) is 1. The maximum absolute atomic E-state index is 11.8. The number of hydrogen-bond acceptors (Lipinski definition) is 3. The molecular weight excluding hydrogens is 198 g/mol. The molecule has 0 spiro atoms.